The SMILES string of the molecule is O=C1Nc2cc(C(=O)NCCN3CCCCCC3)ccc2SC1=Cc1ccccc1. The highest BCUT2D eigenvalue weighted by molar-refractivity contribution is 8.04. The molecule has 0 aliphatic carbocycles. The normalized spacial score (nSPS) is 18.4. The van der Waals surface area contributed by atoms with E-state index in [2.05, 4.69) is 15.5 Å². The molecule has 2 aliphatic heterocycles. The van der Waals surface area contributed by atoms with Gasteiger partial charge in [-0.15, -0.1) is 0 Å². The molecule has 156 valence electrons. The monoisotopic (exact) mass is 421 g/mol. The summed E-state index contributed by atoms with van der Waals surface area (Å²) in [6.45, 7) is 3.77. The van der Waals surface area contributed by atoms with Crippen molar-refractivity contribution in [3.8, 4) is 0 Å². The Labute approximate surface area is 181 Å². The van der Waals surface area contributed by atoms with Gasteiger partial charge in [-0.2, -0.15) is 0 Å². The van der Waals surface area contributed by atoms with Crippen LogP contribution in [0.25, 0.3) is 6.08 Å². The number of likely N-dealkylation sites (tertiary alicyclic amines) is 1. The largest absolute Gasteiger partial charge is 0.351 e. The molecule has 0 spiro atoms. The quantitative estimate of drug-likeness (QED) is 0.704. The van der Waals surface area contributed by atoms with Crippen molar-refractivity contribution in [1.82, 2.24) is 10.2 Å². The van der Waals surface area contributed by atoms with Crippen molar-refractivity contribution in [2.45, 2.75) is 30.6 Å². The van der Waals surface area contributed by atoms with Gasteiger partial charge in [0.15, 0.2) is 0 Å². The number of carbonyl (C=O) groups excluding carboxylic acids is 2. The van der Waals surface area contributed by atoms with Crippen LogP contribution in [0.4, 0.5) is 5.69 Å². The first-order chi connectivity index (χ1) is 14.7. The molecule has 6 heteroatoms. The Bertz CT molecular complexity index is 935. The number of thioether (sulfide) groups is 1. The molecular weight excluding hydrogens is 394 g/mol. The number of anilines is 1. The summed E-state index contributed by atoms with van der Waals surface area (Å²) in [4.78, 5) is 29.1. The second-order valence-electron chi connectivity index (χ2n) is 7.70. The van der Waals surface area contributed by atoms with E-state index in [4.69, 9.17) is 0 Å². The second kappa shape index (κ2) is 9.96. The second-order valence-corrected chi connectivity index (χ2v) is 8.78. The summed E-state index contributed by atoms with van der Waals surface area (Å²) in [5.74, 6) is -0.243. The summed E-state index contributed by atoms with van der Waals surface area (Å²) < 4.78 is 0. The highest BCUT2D eigenvalue weighted by Gasteiger charge is 2.22. The van der Waals surface area contributed by atoms with E-state index >= 15 is 0 Å². The van der Waals surface area contributed by atoms with Crippen LogP contribution in [0.15, 0.2) is 58.3 Å². The number of benzene rings is 2. The lowest BCUT2D eigenvalue weighted by molar-refractivity contribution is -0.112. The zero-order valence-electron chi connectivity index (χ0n) is 17.0. The molecule has 5 nitrogen and oxygen atoms in total. The molecule has 4 rings (SSSR count). The molecule has 1 saturated heterocycles. The molecule has 2 aliphatic rings. The molecule has 0 bridgehead atoms. The minimum atomic E-state index is -0.143. The highest BCUT2D eigenvalue weighted by Crippen LogP contribution is 2.39. The zero-order chi connectivity index (χ0) is 20.8. The van der Waals surface area contributed by atoms with Crippen molar-refractivity contribution in [3.05, 3.63) is 64.6 Å². The van der Waals surface area contributed by atoms with Gasteiger partial charge in [0, 0.05) is 23.5 Å². The maximum absolute atomic E-state index is 12.6. The molecule has 0 saturated carbocycles. The lowest BCUT2D eigenvalue weighted by Crippen LogP contribution is -2.35. The van der Waals surface area contributed by atoms with Crippen LogP contribution in [0, 0.1) is 0 Å². The van der Waals surface area contributed by atoms with Gasteiger partial charge in [0.2, 0.25) is 0 Å². The number of carbonyl (C=O) groups is 2. The van der Waals surface area contributed by atoms with Crippen LogP contribution in [0.1, 0.15) is 41.6 Å². The Hall–Kier alpha value is -2.57. The van der Waals surface area contributed by atoms with E-state index in [1.54, 1.807) is 6.07 Å². The van der Waals surface area contributed by atoms with E-state index in [9.17, 15) is 9.59 Å². The van der Waals surface area contributed by atoms with Crippen LogP contribution in [0.5, 0.6) is 0 Å². The summed E-state index contributed by atoms with van der Waals surface area (Å²) in [5.41, 5.74) is 2.25. The molecule has 0 radical (unpaired) electrons. The van der Waals surface area contributed by atoms with Gasteiger partial charge in [-0.25, -0.2) is 0 Å². The predicted octanol–water partition coefficient (Wildman–Crippen LogP) is 4.38. The minimum Gasteiger partial charge on any atom is -0.351 e. The van der Waals surface area contributed by atoms with E-state index in [1.165, 1.54) is 37.4 Å². The van der Waals surface area contributed by atoms with Gasteiger partial charge >= 0.3 is 0 Å². The topological polar surface area (TPSA) is 61.4 Å². The van der Waals surface area contributed by atoms with Crippen LogP contribution in [-0.2, 0) is 4.79 Å². The van der Waals surface area contributed by atoms with E-state index in [1.807, 2.05) is 48.5 Å². The number of amides is 2. The number of nitrogens with one attached hydrogen (secondary N) is 2. The summed E-state index contributed by atoms with van der Waals surface area (Å²) in [5, 5.41) is 5.94. The lowest BCUT2D eigenvalue weighted by atomic mass is 10.1. The zero-order valence-corrected chi connectivity index (χ0v) is 17.8. The van der Waals surface area contributed by atoms with E-state index in [0.717, 1.165) is 30.1 Å². The van der Waals surface area contributed by atoms with Gasteiger partial charge in [-0.1, -0.05) is 54.9 Å². The summed E-state index contributed by atoms with van der Waals surface area (Å²) >= 11 is 1.43. The molecule has 2 aromatic rings. The van der Waals surface area contributed by atoms with Gasteiger partial charge in [0.1, 0.15) is 0 Å². The number of hydrogen-bond acceptors (Lipinski definition) is 4. The maximum Gasteiger partial charge on any atom is 0.262 e. The van der Waals surface area contributed by atoms with Gasteiger partial charge in [0.05, 0.1) is 10.6 Å². The third-order valence-corrected chi connectivity index (χ3v) is 6.54. The van der Waals surface area contributed by atoms with E-state index in [0.29, 0.717) is 22.7 Å². The third-order valence-electron chi connectivity index (χ3n) is 5.44. The van der Waals surface area contributed by atoms with Gasteiger partial charge < -0.3 is 15.5 Å². The summed E-state index contributed by atoms with van der Waals surface area (Å²) in [6, 6.07) is 15.3. The molecule has 2 heterocycles. The Morgan fingerprint density at radius 2 is 1.83 bits per heavy atom. The number of fused-ring (bicyclic) bond motifs is 1. The first-order valence-electron chi connectivity index (χ1n) is 10.6. The van der Waals surface area contributed by atoms with Crippen molar-refractivity contribution in [1.29, 1.82) is 0 Å². The van der Waals surface area contributed by atoms with Crippen LogP contribution in [-0.4, -0.2) is 42.9 Å². The summed E-state index contributed by atoms with van der Waals surface area (Å²) in [7, 11) is 0. The standard InChI is InChI=1S/C24H27N3O2S/c28-23(25-12-15-27-13-6-1-2-7-14-27)19-10-11-21-20(17-19)26-24(29)22(30-21)16-18-8-4-3-5-9-18/h3-5,8-11,16-17H,1-2,6-7,12-15H2,(H,25,28)(H,26,29). The van der Waals surface area contributed by atoms with Crippen molar-refractivity contribution in [3.63, 3.8) is 0 Å². The molecule has 0 unspecified atom stereocenters. The fourth-order valence-corrected chi connectivity index (χ4v) is 4.72. The van der Waals surface area contributed by atoms with Crippen molar-refractivity contribution >= 4 is 35.3 Å². The van der Waals surface area contributed by atoms with Crippen LogP contribution < -0.4 is 10.6 Å². The van der Waals surface area contributed by atoms with Crippen molar-refractivity contribution in [2.75, 3.05) is 31.5 Å². The first-order valence-corrected chi connectivity index (χ1v) is 11.4. The fraction of sp³-hybridized carbons (Fsp3) is 0.333. The molecule has 2 amide bonds. The minimum absolute atomic E-state index is 0.0995. The Kier molecular flexibility index (Phi) is 6.87. The highest BCUT2D eigenvalue weighted by atomic mass is 32.2. The number of hydrogen-bond donors (Lipinski definition) is 2. The van der Waals surface area contributed by atoms with E-state index in [-0.39, 0.29) is 11.8 Å². The van der Waals surface area contributed by atoms with Crippen molar-refractivity contribution in [2.24, 2.45) is 0 Å². The molecule has 0 aromatic heterocycles. The molecule has 30 heavy (non-hydrogen) atoms. The Morgan fingerprint density at radius 3 is 2.60 bits per heavy atom. The predicted molar refractivity (Wildman–Crippen MR) is 123 cm³/mol. The van der Waals surface area contributed by atoms with Crippen molar-refractivity contribution < 1.29 is 9.59 Å². The maximum atomic E-state index is 12.6. The van der Waals surface area contributed by atoms with E-state index < -0.39 is 0 Å². The van der Waals surface area contributed by atoms with Crippen LogP contribution >= 0.6 is 11.8 Å². The van der Waals surface area contributed by atoms with Gasteiger partial charge in [-0.05, 0) is 55.8 Å². The number of rotatable bonds is 5. The van der Waals surface area contributed by atoms with Crippen LogP contribution in [0.2, 0.25) is 0 Å². The Morgan fingerprint density at radius 1 is 1.07 bits per heavy atom. The van der Waals surface area contributed by atoms with Gasteiger partial charge in [0.25, 0.3) is 11.8 Å². The number of nitrogens with zero attached hydrogens (tertiary/aromatic N) is 1. The molecular formula is C24H27N3O2S. The average molecular weight is 422 g/mol. The smallest absolute Gasteiger partial charge is 0.262 e. The molecule has 2 aromatic carbocycles. The summed E-state index contributed by atoms with van der Waals surface area (Å²) in [6.07, 6.45) is 6.99. The van der Waals surface area contributed by atoms with Gasteiger partial charge in [-0.3, -0.25) is 9.59 Å². The van der Waals surface area contributed by atoms with Crippen LogP contribution in [0.3, 0.4) is 0 Å². The lowest BCUT2D eigenvalue weighted by Gasteiger charge is -2.21. The first kappa shape index (κ1) is 20.7. The average Bonchev–Trinajstić information content (AvgIpc) is 3.03. The Balaban J connectivity index is 1.37. The fourth-order valence-electron chi connectivity index (χ4n) is 3.79. The molecule has 1 fully saturated rings. The third kappa shape index (κ3) is 5.32. The molecule has 0 atom stereocenters. The molecule has 2 N–H and O–H groups in total.